The third-order valence-electron chi connectivity index (χ3n) is 5.95. The van der Waals surface area contributed by atoms with Crippen LogP contribution in [0.3, 0.4) is 0 Å². The molecular weight excluding hydrogens is 392 g/mol. The van der Waals surface area contributed by atoms with Crippen LogP contribution in [0.4, 0.5) is 0 Å². The molecule has 0 saturated heterocycles. The van der Waals surface area contributed by atoms with Gasteiger partial charge in [-0.3, -0.25) is 14.2 Å². The van der Waals surface area contributed by atoms with Gasteiger partial charge in [-0.25, -0.2) is 4.98 Å². The fourth-order valence-electron chi connectivity index (χ4n) is 3.99. The van der Waals surface area contributed by atoms with Gasteiger partial charge in [-0.1, -0.05) is 55.6 Å². The molecule has 0 bridgehead atoms. The van der Waals surface area contributed by atoms with Crippen molar-refractivity contribution >= 4 is 28.6 Å². The lowest BCUT2D eigenvalue weighted by Gasteiger charge is -2.34. The number of fused-ring (bicyclic) bond motifs is 1. The van der Waals surface area contributed by atoms with Crippen molar-refractivity contribution in [2.75, 3.05) is 0 Å². The second-order valence-electron chi connectivity index (χ2n) is 7.84. The molecule has 1 saturated carbocycles. The van der Waals surface area contributed by atoms with E-state index < -0.39 is 0 Å². The molecular formula is C21H23ClN4O3. The molecule has 8 heteroatoms. The molecule has 0 aliphatic heterocycles. The number of hydrogen-bond donors (Lipinski definition) is 1. The number of benzene rings is 1. The van der Waals surface area contributed by atoms with Crippen LogP contribution in [0.2, 0.25) is 5.02 Å². The number of aromatic nitrogens is 3. The Morgan fingerprint density at radius 1 is 1.28 bits per heavy atom. The number of halogens is 1. The third kappa shape index (κ3) is 3.92. The maximum absolute atomic E-state index is 13.0. The highest BCUT2D eigenvalue weighted by molar-refractivity contribution is 6.30. The van der Waals surface area contributed by atoms with Crippen molar-refractivity contribution in [2.24, 2.45) is 11.8 Å². The summed E-state index contributed by atoms with van der Waals surface area (Å²) in [6, 6.07) is 7.08. The monoisotopic (exact) mass is 414 g/mol. The zero-order valence-electron chi connectivity index (χ0n) is 16.4. The fraction of sp³-hybridized carbons (Fsp3) is 0.429. The molecule has 1 amide bonds. The first-order chi connectivity index (χ1) is 13.9. The van der Waals surface area contributed by atoms with Crippen LogP contribution in [0.15, 0.2) is 39.9 Å². The topological polar surface area (TPSA) is 90.0 Å². The summed E-state index contributed by atoms with van der Waals surface area (Å²) in [6.07, 6.45) is 4.59. The van der Waals surface area contributed by atoms with E-state index in [1.807, 2.05) is 0 Å². The molecule has 0 unspecified atom stereocenters. The molecule has 4 rings (SSSR count). The highest BCUT2D eigenvalue weighted by Gasteiger charge is 2.28. The van der Waals surface area contributed by atoms with Crippen LogP contribution >= 0.6 is 11.6 Å². The van der Waals surface area contributed by atoms with Crippen LogP contribution in [0.5, 0.6) is 0 Å². The largest absolute Gasteiger partial charge is 0.352 e. The Kier molecular flexibility index (Phi) is 5.41. The lowest BCUT2D eigenvalue weighted by atomic mass is 9.78. The van der Waals surface area contributed by atoms with Crippen LogP contribution in [0.25, 0.3) is 22.4 Å². The van der Waals surface area contributed by atoms with Gasteiger partial charge in [-0.05, 0) is 30.4 Å². The quantitative estimate of drug-likeness (QED) is 0.703. The Bertz CT molecular complexity index is 1090. The van der Waals surface area contributed by atoms with E-state index >= 15 is 0 Å². The average molecular weight is 415 g/mol. The second-order valence-corrected chi connectivity index (χ2v) is 8.27. The van der Waals surface area contributed by atoms with Gasteiger partial charge in [0, 0.05) is 16.6 Å². The van der Waals surface area contributed by atoms with E-state index in [0.717, 1.165) is 12.8 Å². The number of nitrogens with zero attached hydrogens (tertiary/aromatic N) is 3. The van der Waals surface area contributed by atoms with Crippen LogP contribution in [-0.4, -0.2) is 26.7 Å². The number of carbonyl (C=O) groups excluding carboxylic acids is 1. The molecule has 29 heavy (non-hydrogen) atoms. The summed E-state index contributed by atoms with van der Waals surface area (Å²) >= 11 is 5.94. The maximum Gasteiger partial charge on any atom is 0.267 e. The minimum absolute atomic E-state index is 0.0926. The van der Waals surface area contributed by atoms with Gasteiger partial charge in [0.15, 0.2) is 0 Å². The summed E-state index contributed by atoms with van der Waals surface area (Å²) in [5.74, 6) is 0.803. The van der Waals surface area contributed by atoms with Gasteiger partial charge in [-0.2, -0.15) is 0 Å². The molecule has 1 aliphatic rings. The molecule has 2 aromatic heterocycles. The Labute approximate surface area is 173 Å². The first kappa shape index (κ1) is 19.6. The van der Waals surface area contributed by atoms with E-state index in [0.29, 0.717) is 28.1 Å². The highest BCUT2D eigenvalue weighted by atomic mass is 35.5. The van der Waals surface area contributed by atoms with Gasteiger partial charge >= 0.3 is 0 Å². The van der Waals surface area contributed by atoms with Gasteiger partial charge in [0.2, 0.25) is 5.91 Å². The Hall–Kier alpha value is -2.67. The van der Waals surface area contributed by atoms with Gasteiger partial charge in [0.1, 0.15) is 24.0 Å². The van der Waals surface area contributed by atoms with Crippen molar-refractivity contribution in [1.82, 2.24) is 20.0 Å². The molecule has 1 aromatic carbocycles. The lowest BCUT2D eigenvalue weighted by molar-refractivity contribution is -0.123. The highest BCUT2D eigenvalue weighted by Crippen LogP contribution is 2.29. The fourth-order valence-corrected chi connectivity index (χ4v) is 4.12. The summed E-state index contributed by atoms with van der Waals surface area (Å²) in [7, 11) is 0. The van der Waals surface area contributed by atoms with Gasteiger partial charge in [-0.15, -0.1) is 0 Å². The van der Waals surface area contributed by atoms with Gasteiger partial charge < -0.3 is 9.84 Å². The van der Waals surface area contributed by atoms with E-state index in [-0.39, 0.29) is 35.2 Å². The van der Waals surface area contributed by atoms with Crippen molar-refractivity contribution in [1.29, 1.82) is 0 Å². The smallest absolute Gasteiger partial charge is 0.267 e. The van der Waals surface area contributed by atoms with Crippen molar-refractivity contribution < 1.29 is 9.32 Å². The summed E-state index contributed by atoms with van der Waals surface area (Å²) in [5.41, 5.74) is 0.866. The Balaban J connectivity index is 1.59. The molecule has 1 aliphatic carbocycles. The van der Waals surface area contributed by atoms with E-state index in [4.69, 9.17) is 16.1 Å². The minimum Gasteiger partial charge on any atom is -0.352 e. The lowest BCUT2D eigenvalue weighted by Crippen LogP contribution is -2.45. The molecule has 1 fully saturated rings. The standard InChI is InChI=1S/C21H23ClN4O3/c1-12-4-3-5-16(13(12)2)24-17(27)10-26-11-23-20-18(21(26)28)19(25-29-20)14-6-8-15(22)9-7-14/h6-9,11-13,16H,3-5,10H2,1-2H3,(H,24,27)/t12-,13+,16+/m1/s1. The zero-order valence-corrected chi connectivity index (χ0v) is 17.1. The zero-order chi connectivity index (χ0) is 20.5. The molecule has 0 spiro atoms. The van der Waals surface area contributed by atoms with Crippen LogP contribution in [-0.2, 0) is 11.3 Å². The van der Waals surface area contributed by atoms with Crippen LogP contribution in [0.1, 0.15) is 33.1 Å². The summed E-state index contributed by atoms with van der Waals surface area (Å²) in [6.45, 7) is 4.30. The summed E-state index contributed by atoms with van der Waals surface area (Å²) in [5, 5.41) is 7.92. The van der Waals surface area contributed by atoms with Crippen molar-refractivity contribution in [3.05, 3.63) is 46.0 Å². The number of hydrogen-bond acceptors (Lipinski definition) is 5. The first-order valence-electron chi connectivity index (χ1n) is 9.84. The summed E-state index contributed by atoms with van der Waals surface area (Å²) in [4.78, 5) is 29.8. The predicted molar refractivity (Wildman–Crippen MR) is 111 cm³/mol. The predicted octanol–water partition coefficient (Wildman–Crippen LogP) is 3.65. The SMILES string of the molecule is C[C@H]1[C@H](C)CCC[C@@H]1NC(=O)Cn1cnc2onc(-c3ccc(Cl)cc3)c2c1=O. The minimum atomic E-state index is -0.360. The Morgan fingerprint density at radius 2 is 2.03 bits per heavy atom. The molecule has 3 atom stereocenters. The molecule has 3 aromatic rings. The third-order valence-corrected chi connectivity index (χ3v) is 6.20. The van der Waals surface area contributed by atoms with Crippen molar-refractivity contribution in [3.8, 4) is 11.3 Å². The molecule has 1 N–H and O–H groups in total. The Morgan fingerprint density at radius 3 is 2.79 bits per heavy atom. The second kappa shape index (κ2) is 7.99. The average Bonchev–Trinajstić information content (AvgIpc) is 3.13. The van der Waals surface area contributed by atoms with Crippen molar-refractivity contribution in [2.45, 2.75) is 45.7 Å². The number of nitrogens with one attached hydrogen (secondary N) is 1. The van der Waals surface area contributed by atoms with Crippen LogP contribution in [0, 0.1) is 11.8 Å². The van der Waals surface area contributed by atoms with Gasteiger partial charge in [0.05, 0.1) is 0 Å². The first-order valence-corrected chi connectivity index (χ1v) is 10.2. The maximum atomic E-state index is 13.0. The van der Waals surface area contributed by atoms with Crippen LogP contribution < -0.4 is 10.9 Å². The van der Waals surface area contributed by atoms with E-state index in [9.17, 15) is 9.59 Å². The van der Waals surface area contributed by atoms with E-state index in [1.54, 1.807) is 24.3 Å². The van der Waals surface area contributed by atoms with Crippen molar-refractivity contribution in [3.63, 3.8) is 0 Å². The molecule has 0 radical (unpaired) electrons. The van der Waals surface area contributed by atoms with E-state index in [2.05, 4.69) is 29.3 Å². The number of rotatable bonds is 4. The molecule has 152 valence electrons. The summed E-state index contributed by atoms with van der Waals surface area (Å²) < 4.78 is 6.51. The van der Waals surface area contributed by atoms with E-state index in [1.165, 1.54) is 17.3 Å². The number of carbonyl (C=O) groups is 1. The van der Waals surface area contributed by atoms with Gasteiger partial charge in [0.25, 0.3) is 11.3 Å². The normalized spacial score (nSPS) is 22.0. The molecule has 2 heterocycles. The molecule has 7 nitrogen and oxygen atoms in total. The number of amides is 1.